The van der Waals surface area contributed by atoms with Crippen LogP contribution in [0.5, 0.6) is 0 Å². The highest BCUT2D eigenvalue weighted by Gasteiger charge is 2.28. The maximum absolute atomic E-state index is 4.21. The topological polar surface area (TPSA) is 46.0 Å². The third kappa shape index (κ3) is 3.46. The number of aryl methyl sites for hydroxylation is 1. The monoisotopic (exact) mass is 269 g/mol. The second-order valence-electron chi connectivity index (χ2n) is 4.87. The molecule has 0 bridgehead atoms. The average molecular weight is 269 g/mol. The molecule has 1 saturated heterocycles. The number of likely N-dealkylation sites (N-methyl/N-ethyl adjacent to an activating group) is 2. The molecule has 6 heteroatoms. The first kappa shape index (κ1) is 13.8. The molecule has 18 heavy (non-hydrogen) atoms. The fraction of sp³-hybridized carbons (Fsp3) is 0.833. The molecular weight excluding hydrogens is 246 g/mol. The van der Waals surface area contributed by atoms with Gasteiger partial charge in [0, 0.05) is 49.8 Å². The lowest BCUT2D eigenvalue weighted by molar-refractivity contribution is 0.214. The number of nitrogens with one attached hydrogen (secondary N) is 1. The van der Waals surface area contributed by atoms with Gasteiger partial charge >= 0.3 is 0 Å². The summed E-state index contributed by atoms with van der Waals surface area (Å²) in [6.07, 6.45) is 2.97. The van der Waals surface area contributed by atoms with Crippen molar-refractivity contribution in [2.45, 2.75) is 25.4 Å². The lowest BCUT2D eigenvalue weighted by Crippen LogP contribution is -2.53. The molecule has 1 aliphatic heterocycles. The summed E-state index contributed by atoms with van der Waals surface area (Å²) in [6, 6.07) is 1.05. The summed E-state index contributed by atoms with van der Waals surface area (Å²) in [6.45, 7) is 4.34. The van der Waals surface area contributed by atoms with Gasteiger partial charge in [-0.3, -0.25) is 4.68 Å². The van der Waals surface area contributed by atoms with E-state index in [0.717, 1.165) is 18.7 Å². The van der Waals surface area contributed by atoms with Crippen LogP contribution in [0.1, 0.15) is 12.6 Å². The lowest BCUT2D eigenvalue weighted by atomic mass is 10.0. The Morgan fingerprint density at radius 1 is 1.56 bits per heavy atom. The third-order valence-electron chi connectivity index (χ3n) is 3.45. The highest BCUT2D eigenvalue weighted by molar-refractivity contribution is 7.99. The van der Waals surface area contributed by atoms with Crippen LogP contribution in [0.25, 0.3) is 0 Å². The molecule has 0 aliphatic carbocycles. The first-order valence-corrected chi connectivity index (χ1v) is 7.72. The Balaban J connectivity index is 2.02. The van der Waals surface area contributed by atoms with Gasteiger partial charge in [0.15, 0.2) is 0 Å². The van der Waals surface area contributed by atoms with Crippen LogP contribution in [0, 0.1) is 0 Å². The van der Waals surface area contributed by atoms with Gasteiger partial charge in [0.25, 0.3) is 0 Å². The molecule has 2 atom stereocenters. The number of hydrogen-bond donors (Lipinski definition) is 1. The zero-order chi connectivity index (χ0) is 13.0. The standard InChI is InChI=1S/C12H23N5S/c1-4-13-11(7-10-8-17(3)15-14-10)12-9-18-6-5-16(12)2/h8,11-13H,4-7,9H2,1-3H3. The fourth-order valence-electron chi connectivity index (χ4n) is 2.45. The Kier molecular flexibility index (Phi) is 5.03. The number of thioether (sulfide) groups is 1. The molecule has 5 nitrogen and oxygen atoms in total. The Bertz CT molecular complexity index is 367. The summed E-state index contributed by atoms with van der Waals surface area (Å²) in [5.41, 5.74) is 1.08. The van der Waals surface area contributed by atoms with Crippen LogP contribution >= 0.6 is 11.8 Å². The molecule has 0 radical (unpaired) electrons. The predicted octanol–water partition coefficient (Wildman–Crippen LogP) is 0.383. The molecule has 2 rings (SSSR count). The molecule has 2 unspecified atom stereocenters. The summed E-state index contributed by atoms with van der Waals surface area (Å²) < 4.78 is 1.78. The van der Waals surface area contributed by atoms with Crippen LogP contribution in [0.15, 0.2) is 6.20 Å². The van der Waals surface area contributed by atoms with Crippen LogP contribution in [-0.4, -0.2) is 63.6 Å². The predicted molar refractivity (Wildman–Crippen MR) is 75.9 cm³/mol. The molecule has 1 aromatic rings. The van der Waals surface area contributed by atoms with E-state index in [0.29, 0.717) is 12.1 Å². The number of nitrogens with zero attached hydrogens (tertiary/aromatic N) is 4. The van der Waals surface area contributed by atoms with Crippen molar-refractivity contribution in [1.29, 1.82) is 0 Å². The van der Waals surface area contributed by atoms with Crippen molar-refractivity contribution in [3.8, 4) is 0 Å². The van der Waals surface area contributed by atoms with Crippen molar-refractivity contribution in [2.24, 2.45) is 7.05 Å². The van der Waals surface area contributed by atoms with Crippen molar-refractivity contribution >= 4 is 11.8 Å². The van der Waals surface area contributed by atoms with Gasteiger partial charge in [0.2, 0.25) is 0 Å². The molecule has 0 spiro atoms. The molecule has 1 aliphatic rings. The van der Waals surface area contributed by atoms with Crippen LogP contribution in [0.3, 0.4) is 0 Å². The summed E-state index contributed by atoms with van der Waals surface area (Å²) in [7, 11) is 4.15. The van der Waals surface area contributed by atoms with E-state index in [1.165, 1.54) is 18.1 Å². The van der Waals surface area contributed by atoms with Gasteiger partial charge in [0.1, 0.15) is 0 Å². The van der Waals surface area contributed by atoms with E-state index in [4.69, 9.17) is 0 Å². The van der Waals surface area contributed by atoms with Gasteiger partial charge < -0.3 is 10.2 Å². The molecular formula is C12H23N5S. The van der Waals surface area contributed by atoms with Crippen molar-refractivity contribution in [3.63, 3.8) is 0 Å². The van der Waals surface area contributed by atoms with E-state index >= 15 is 0 Å². The zero-order valence-electron chi connectivity index (χ0n) is 11.5. The van der Waals surface area contributed by atoms with Crippen molar-refractivity contribution in [1.82, 2.24) is 25.2 Å². The Morgan fingerprint density at radius 3 is 3.00 bits per heavy atom. The van der Waals surface area contributed by atoms with Crippen LogP contribution in [0.2, 0.25) is 0 Å². The Hall–Kier alpha value is -0.590. The summed E-state index contributed by atoms with van der Waals surface area (Å²) in [5, 5.41) is 11.8. The van der Waals surface area contributed by atoms with E-state index in [-0.39, 0.29) is 0 Å². The molecule has 102 valence electrons. The van der Waals surface area contributed by atoms with E-state index < -0.39 is 0 Å². The summed E-state index contributed by atoms with van der Waals surface area (Å²) >= 11 is 2.05. The third-order valence-corrected chi connectivity index (χ3v) is 4.50. The highest BCUT2D eigenvalue weighted by Crippen LogP contribution is 2.19. The molecule has 2 heterocycles. The molecule has 1 N–H and O–H groups in total. The smallest absolute Gasteiger partial charge is 0.0843 e. The van der Waals surface area contributed by atoms with Crippen molar-refractivity contribution in [3.05, 3.63) is 11.9 Å². The summed E-state index contributed by atoms with van der Waals surface area (Å²) in [5.74, 6) is 2.45. The van der Waals surface area contributed by atoms with E-state index in [1.807, 2.05) is 13.2 Å². The zero-order valence-corrected chi connectivity index (χ0v) is 12.3. The quantitative estimate of drug-likeness (QED) is 0.837. The molecule has 0 amide bonds. The highest BCUT2D eigenvalue weighted by atomic mass is 32.2. The van der Waals surface area contributed by atoms with Crippen molar-refractivity contribution < 1.29 is 0 Å². The van der Waals surface area contributed by atoms with Gasteiger partial charge in [-0.2, -0.15) is 11.8 Å². The molecule has 0 aromatic carbocycles. The van der Waals surface area contributed by atoms with Gasteiger partial charge in [-0.05, 0) is 13.6 Å². The van der Waals surface area contributed by atoms with Crippen LogP contribution in [-0.2, 0) is 13.5 Å². The largest absolute Gasteiger partial charge is 0.312 e. The Morgan fingerprint density at radius 2 is 2.39 bits per heavy atom. The number of rotatable bonds is 5. The minimum absolute atomic E-state index is 0.462. The van der Waals surface area contributed by atoms with Crippen molar-refractivity contribution in [2.75, 3.05) is 31.6 Å². The van der Waals surface area contributed by atoms with Gasteiger partial charge in [-0.15, -0.1) is 5.10 Å². The molecule has 1 aromatic heterocycles. The second-order valence-corrected chi connectivity index (χ2v) is 6.02. The molecule has 0 saturated carbocycles. The van der Waals surface area contributed by atoms with E-state index in [2.05, 4.69) is 46.3 Å². The number of aromatic nitrogens is 3. The van der Waals surface area contributed by atoms with E-state index in [9.17, 15) is 0 Å². The first-order valence-electron chi connectivity index (χ1n) is 6.57. The number of hydrogen-bond acceptors (Lipinski definition) is 5. The Labute approximate surface area is 113 Å². The normalized spacial score (nSPS) is 23.2. The fourth-order valence-corrected chi connectivity index (χ4v) is 3.76. The maximum Gasteiger partial charge on any atom is 0.0843 e. The minimum Gasteiger partial charge on any atom is -0.312 e. The SMILES string of the molecule is CCNC(Cc1cn(C)nn1)C1CSCCN1C. The van der Waals surface area contributed by atoms with Crippen LogP contribution < -0.4 is 5.32 Å². The summed E-state index contributed by atoms with van der Waals surface area (Å²) in [4.78, 5) is 2.47. The van der Waals surface area contributed by atoms with Crippen LogP contribution in [0.4, 0.5) is 0 Å². The second kappa shape index (κ2) is 6.54. The average Bonchev–Trinajstić information content (AvgIpc) is 2.75. The first-order chi connectivity index (χ1) is 8.70. The van der Waals surface area contributed by atoms with Gasteiger partial charge in [-0.25, -0.2) is 0 Å². The molecule has 1 fully saturated rings. The minimum atomic E-state index is 0.462. The van der Waals surface area contributed by atoms with Gasteiger partial charge in [-0.1, -0.05) is 12.1 Å². The maximum atomic E-state index is 4.21. The van der Waals surface area contributed by atoms with E-state index in [1.54, 1.807) is 4.68 Å². The lowest BCUT2D eigenvalue weighted by Gasteiger charge is -2.37. The van der Waals surface area contributed by atoms with Gasteiger partial charge in [0.05, 0.1) is 5.69 Å².